The van der Waals surface area contributed by atoms with Gasteiger partial charge in [0.1, 0.15) is 12.6 Å². The summed E-state index contributed by atoms with van der Waals surface area (Å²) in [5, 5.41) is 5.48. The Labute approximate surface area is 152 Å². The Morgan fingerprint density at radius 1 is 1.12 bits per heavy atom. The summed E-state index contributed by atoms with van der Waals surface area (Å²) in [6.07, 6.45) is -0.610. The molecule has 0 bridgehead atoms. The van der Waals surface area contributed by atoms with E-state index >= 15 is 0 Å². The highest BCUT2D eigenvalue weighted by Crippen LogP contribution is 2.26. The minimum absolute atomic E-state index is 0.109. The van der Waals surface area contributed by atoms with Crippen LogP contribution in [0, 0.1) is 13.8 Å². The van der Waals surface area contributed by atoms with Gasteiger partial charge in [-0.15, -0.1) is 11.3 Å². The fraction of sp³-hybridized carbons (Fsp3) is 0.368. The summed E-state index contributed by atoms with van der Waals surface area (Å²) in [6.45, 7) is 7.83. The van der Waals surface area contributed by atoms with Crippen LogP contribution in [-0.2, 0) is 16.1 Å². The number of ether oxygens (including phenoxy) is 1. The van der Waals surface area contributed by atoms with Gasteiger partial charge in [0, 0.05) is 9.75 Å². The molecule has 2 amide bonds. The van der Waals surface area contributed by atoms with Gasteiger partial charge >= 0.3 is 6.09 Å². The number of nitrogens with one attached hydrogen (secondary N) is 2. The third-order valence-electron chi connectivity index (χ3n) is 3.85. The zero-order valence-electron chi connectivity index (χ0n) is 15.0. The maximum atomic E-state index is 12.3. The quantitative estimate of drug-likeness (QED) is 0.822. The molecule has 2 aromatic rings. The largest absolute Gasteiger partial charge is 0.445 e. The first-order valence-corrected chi connectivity index (χ1v) is 9.03. The summed E-state index contributed by atoms with van der Waals surface area (Å²) in [6, 6.07) is 10.7. The van der Waals surface area contributed by atoms with Crippen molar-refractivity contribution in [3.63, 3.8) is 0 Å². The van der Waals surface area contributed by atoms with Crippen molar-refractivity contribution in [1.29, 1.82) is 0 Å². The zero-order chi connectivity index (χ0) is 18.4. The molecular formula is C19H24N2O3S. The number of carbonyl (C=O) groups excluding carboxylic acids is 2. The standard InChI is InChI=1S/C19H24N2O3S/c1-12-10-17(15(4)25-12)13(2)20-18(22)14(3)21-19(23)24-11-16-8-6-5-7-9-16/h5-10,13-14H,11H2,1-4H3,(H,20,22)(H,21,23)/t13-,14-/m0/s1. The normalized spacial score (nSPS) is 13.0. The van der Waals surface area contributed by atoms with E-state index < -0.39 is 12.1 Å². The molecule has 1 aromatic carbocycles. The van der Waals surface area contributed by atoms with E-state index in [-0.39, 0.29) is 18.6 Å². The highest BCUT2D eigenvalue weighted by atomic mass is 32.1. The van der Waals surface area contributed by atoms with E-state index in [1.807, 2.05) is 51.1 Å². The monoisotopic (exact) mass is 360 g/mol. The summed E-state index contributed by atoms with van der Waals surface area (Å²) in [4.78, 5) is 26.5. The van der Waals surface area contributed by atoms with Gasteiger partial charge in [-0.1, -0.05) is 30.3 Å². The molecule has 25 heavy (non-hydrogen) atoms. The van der Waals surface area contributed by atoms with Crippen LogP contribution in [0.4, 0.5) is 4.79 Å². The first-order chi connectivity index (χ1) is 11.9. The van der Waals surface area contributed by atoms with Crippen LogP contribution >= 0.6 is 11.3 Å². The molecule has 2 rings (SSSR count). The van der Waals surface area contributed by atoms with Crippen molar-refractivity contribution in [3.8, 4) is 0 Å². The second-order valence-corrected chi connectivity index (χ2v) is 7.49. The number of carbonyl (C=O) groups is 2. The van der Waals surface area contributed by atoms with Crippen molar-refractivity contribution in [1.82, 2.24) is 10.6 Å². The smallest absolute Gasteiger partial charge is 0.408 e. The molecule has 0 unspecified atom stereocenters. The summed E-state index contributed by atoms with van der Waals surface area (Å²) >= 11 is 1.71. The third-order valence-corrected chi connectivity index (χ3v) is 4.83. The van der Waals surface area contributed by atoms with E-state index in [9.17, 15) is 9.59 Å². The van der Waals surface area contributed by atoms with E-state index in [0.29, 0.717) is 0 Å². The molecule has 0 saturated heterocycles. The van der Waals surface area contributed by atoms with Crippen molar-refractivity contribution in [2.24, 2.45) is 0 Å². The average molecular weight is 360 g/mol. The number of thiophene rings is 1. The van der Waals surface area contributed by atoms with Gasteiger partial charge in [-0.2, -0.15) is 0 Å². The molecule has 0 fully saturated rings. The molecule has 2 N–H and O–H groups in total. The summed E-state index contributed by atoms with van der Waals surface area (Å²) in [7, 11) is 0. The van der Waals surface area contributed by atoms with Gasteiger partial charge in [0.2, 0.25) is 5.91 Å². The number of aryl methyl sites for hydroxylation is 2. The van der Waals surface area contributed by atoms with E-state index in [2.05, 4.69) is 16.7 Å². The lowest BCUT2D eigenvalue weighted by atomic mass is 10.1. The molecule has 6 heteroatoms. The minimum atomic E-state index is -0.675. The van der Waals surface area contributed by atoms with E-state index in [0.717, 1.165) is 11.1 Å². The predicted octanol–water partition coefficient (Wildman–Crippen LogP) is 3.86. The van der Waals surface area contributed by atoms with Crippen LogP contribution < -0.4 is 10.6 Å². The van der Waals surface area contributed by atoms with Gasteiger partial charge in [-0.25, -0.2) is 4.79 Å². The number of hydrogen-bond donors (Lipinski definition) is 2. The zero-order valence-corrected chi connectivity index (χ0v) is 15.8. The summed E-state index contributed by atoms with van der Waals surface area (Å²) in [5.41, 5.74) is 2.00. The maximum absolute atomic E-state index is 12.3. The van der Waals surface area contributed by atoms with Crippen LogP contribution in [0.25, 0.3) is 0 Å². The summed E-state index contributed by atoms with van der Waals surface area (Å²) in [5.74, 6) is -0.243. The van der Waals surface area contributed by atoms with Crippen LogP contribution in [0.1, 0.15) is 40.8 Å². The number of alkyl carbamates (subject to hydrolysis) is 1. The third kappa shape index (κ3) is 5.60. The Morgan fingerprint density at radius 2 is 1.80 bits per heavy atom. The van der Waals surface area contributed by atoms with Crippen molar-refractivity contribution in [2.45, 2.75) is 46.4 Å². The number of hydrogen-bond acceptors (Lipinski definition) is 4. The second-order valence-electron chi connectivity index (χ2n) is 6.03. The Kier molecular flexibility index (Phi) is 6.58. The molecular weight excluding hydrogens is 336 g/mol. The molecule has 0 aliphatic carbocycles. The first-order valence-electron chi connectivity index (χ1n) is 8.21. The first kappa shape index (κ1) is 19.0. The number of rotatable bonds is 6. The van der Waals surface area contributed by atoms with Crippen LogP contribution in [-0.4, -0.2) is 18.0 Å². The van der Waals surface area contributed by atoms with Crippen molar-refractivity contribution in [3.05, 3.63) is 57.3 Å². The van der Waals surface area contributed by atoms with Gasteiger partial charge in [0.05, 0.1) is 6.04 Å². The van der Waals surface area contributed by atoms with Gasteiger partial charge in [-0.3, -0.25) is 4.79 Å². The molecule has 0 spiro atoms. The molecule has 0 radical (unpaired) electrons. The maximum Gasteiger partial charge on any atom is 0.408 e. The Hall–Kier alpha value is -2.34. The molecule has 1 aromatic heterocycles. The lowest BCUT2D eigenvalue weighted by Gasteiger charge is -2.18. The molecule has 0 aliphatic heterocycles. The number of amides is 2. The minimum Gasteiger partial charge on any atom is -0.445 e. The average Bonchev–Trinajstić information content (AvgIpc) is 2.92. The van der Waals surface area contributed by atoms with Crippen LogP contribution in [0.3, 0.4) is 0 Å². The van der Waals surface area contributed by atoms with E-state index in [1.54, 1.807) is 18.3 Å². The molecule has 1 heterocycles. The topological polar surface area (TPSA) is 67.4 Å². The van der Waals surface area contributed by atoms with E-state index in [1.165, 1.54) is 9.75 Å². The lowest BCUT2D eigenvalue weighted by molar-refractivity contribution is -0.123. The van der Waals surface area contributed by atoms with Crippen LogP contribution in [0.5, 0.6) is 0 Å². The summed E-state index contributed by atoms with van der Waals surface area (Å²) < 4.78 is 5.13. The predicted molar refractivity (Wildman–Crippen MR) is 99.6 cm³/mol. The van der Waals surface area contributed by atoms with Crippen LogP contribution in [0.2, 0.25) is 0 Å². The Morgan fingerprint density at radius 3 is 2.40 bits per heavy atom. The van der Waals surface area contributed by atoms with Gasteiger partial charge in [0.15, 0.2) is 0 Å². The fourth-order valence-corrected chi connectivity index (χ4v) is 3.53. The molecule has 0 aliphatic rings. The number of benzene rings is 1. The van der Waals surface area contributed by atoms with Crippen molar-refractivity contribution >= 4 is 23.3 Å². The fourth-order valence-electron chi connectivity index (χ4n) is 2.50. The van der Waals surface area contributed by atoms with Crippen LogP contribution in [0.15, 0.2) is 36.4 Å². The molecule has 134 valence electrons. The van der Waals surface area contributed by atoms with Crippen molar-refractivity contribution in [2.75, 3.05) is 0 Å². The molecule has 5 nitrogen and oxygen atoms in total. The molecule has 2 atom stereocenters. The Balaban J connectivity index is 1.81. The van der Waals surface area contributed by atoms with E-state index in [4.69, 9.17) is 4.74 Å². The second kappa shape index (κ2) is 8.67. The van der Waals surface area contributed by atoms with Gasteiger partial charge in [-0.05, 0) is 44.9 Å². The lowest BCUT2D eigenvalue weighted by Crippen LogP contribution is -2.45. The van der Waals surface area contributed by atoms with Gasteiger partial charge < -0.3 is 15.4 Å². The highest BCUT2D eigenvalue weighted by Gasteiger charge is 2.20. The SMILES string of the molecule is Cc1cc([C@H](C)NC(=O)[C@H](C)NC(=O)OCc2ccccc2)c(C)s1. The highest BCUT2D eigenvalue weighted by molar-refractivity contribution is 7.12. The Bertz CT molecular complexity index is 728. The van der Waals surface area contributed by atoms with Gasteiger partial charge in [0.25, 0.3) is 0 Å². The van der Waals surface area contributed by atoms with Crippen molar-refractivity contribution < 1.29 is 14.3 Å². The molecule has 0 saturated carbocycles.